The third kappa shape index (κ3) is 5.08. The first-order chi connectivity index (χ1) is 17.9. The highest BCUT2D eigenvalue weighted by molar-refractivity contribution is 6.06. The van der Waals surface area contributed by atoms with E-state index in [1.807, 2.05) is 0 Å². The minimum atomic E-state index is -2.38. The van der Waals surface area contributed by atoms with Gasteiger partial charge in [-0.05, 0) is 18.2 Å². The van der Waals surface area contributed by atoms with Gasteiger partial charge in [-0.1, -0.05) is 0 Å². The molecule has 0 aromatic heterocycles. The van der Waals surface area contributed by atoms with Crippen molar-refractivity contribution >= 4 is 17.6 Å². The van der Waals surface area contributed by atoms with Crippen LogP contribution in [0.3, 0.4) is 0 Å². The van der Waals surface area contributed by atoms with Gasteiger partial charge >= 0.3 is 5.97 Å². The van der Waals surface area contributed by atoms with Gasteiger partial charge in [0, 0.05) is 11.3 Å². The highest BCUT2D eigenvalue weighted by Gasteiger charge is 2.51. The zero-order chi connectivity index (χ0) is 27.9. The number of anilines is 1. The van der Waals surface area contributed by atoms with E-state index in [1.54, 1.807) is 0 Å². The summed E-state index contributed by atoms with van der Waals surface area (Å²) in [6.07, 6.45) is -17.4. The van der Waals surface area contributed by atoms with E-state index < -0.39 is 98.5 Å². The maximum atomic E-state index is 12.2. The SMILES string of the molecule is O=C(O)C[C@@]1(O)C(=O)Nc2ccc(O[C@@H]3O[C@H](CO)[C@@H](O[C@@H]4O[C@H](CO)[C@@H](O)[C@H](O)[C@H]4O)[C@H](O)[C@H]3O)cc21. The number of hydrogen-bond acceptors (Lipinski definition) is 14. The number of aliphatic carboxylic acids is 1. The van der Waals surface area contributed by atoms with E-state index in [4.69, 9.17) is 24.1 Å². The maximum absolute atomic E-state index is 12.2. The van der Waals surface area contributed by atoms with E-state index in [1.165, 1.54) is 12.1 Å². The van der Waals surface area contributed by atoms with Crippen LogP contribution in [0.5, 0.6) is 5.75 Å². The van der Waals surface area contributed by atoms with E-state index in [2.05, 4.69) is 5.32 Å². The lowest BCUT2D eigenvalue weighted by atomic mass is 9.92. The predicted molar refractivity (Wildman–Crippen MR) is 118 cm³/mol. The topological polar surface area (TPSA) is 265 Å². The smallest absolute Gasteiger partial charge is 0.307 e. The Morgan fingerprint density at radius 3 is 2.18 bits per heavy atom. The van der Waals surface area contributed by atoms with Crippen LogP contribution in [0.15, 0.2) is 18.2 Å². The van der Waals surface area contributed by atoms with Crippen LogP contribution >= 0.6 is 0 Å². The molecule has 1 amide bonds. The van der Waals surface area contributed by atoms with Gasteiger partial charge in [-0.15, -0.1) is 0 Å². The summed E-state index contributed by atoms with van der Waals surface area (Å²) in [5, 5.41) is 92.7. The van der Waals surface area contributed by atoms with Crippen molar-refractivity contribution in [1.82, 2.24) is 0 Å². The van der Waals surface area contributed by atoms with Crippen molar-refractivity contribution < 1.29 is 74.5 Å². The van der Waals surface area contributed by atoms with Gasteiger partial charge in [-0.3, -0.25) is 9.59 Å². The number of fused-ring (bicyclic) bond motifs is 1. The standard InChI is InChI=1S/C22H29NO15/c24-5-10-13(28)14(29)16(31)20(36-10)38-18-11(6-25)37-19(17(32)15(18)30)35-7-1-2-9-8(3-7)22(34,4-12(26)27)21(33)23-9/h1-3,10-11,13-20,24-25,28-32,34H,4-6H2,(H,23,33)(H,26,27)/t10-,11-,13-,14+,15-,16-,17-,18-,19-,20+,22+/m1/s1. The molecule has 2 fully saturated rings. The van der Waals surface area contributed by atoms with E-state index in [0.717, 1.165) is 6.07 Å². The molecule has 3 aliphatic rings. The number of carbonyl (C=O) groups is 2. The van der Waals surface area contributed by atoms with Crippen LogP contribution < -0.4 is 10.1 Å². The average Bonchev–Trinajstić information content (AvgIpc) is 3.11. The van der Waals surface area contributed by atoms with Crippen LogP contribution in [0.25, 0.3) is 0 Å². The number of amides is 1. The van der Waals surface area contributed by atoms with Crippen molar-refractivity contribution in [3.05, 3.63) is 23.8 Å². The number of ether oxygens (including phenoxy) is 4. The van der Waals surface area contributed by atoms with Crippen LogP contribution in [0.2, 0.25) is 0 Å². The molecule has 0 bridgehead atoms. The molecule has 16 heteroatoms. The molecule has 38 heavy (non-hydrogen) atoms. The maximum Gasteiger partial charge on any atom is 0.307 e. The minimum absolute atomic E-state index is 0.0923. The minimum Gasteiger partial charge on any atom is -0.481 e. The molecule has 0 radical (unpaired) electrons. The lowest BCUT2D eigenvalue weighted by molar-refractivity contribution is -0.352. The fraction of sp³-hybridized carbons (Fsp3) is 0.636. The Bertz CT molecular complexity index is 1040. The Labute approximate surface area is 214 Å². The number of benzene rings is 1. The van der Waals surface area contributed by atoms with Gasteiger partial charge in [0.05, 0.1) is 19.6 Å². The van der Waals surface area contributed by atoms with E-state index in [-0.39, 0.29) is 17.0 Å². The number of aliphatic hydroxyl groups excluding tert-OH is 7. The van der Waals surface area contributed by atoms with Gasteiger partial charge in [0.25, 0.3) is 5.91 Å². The summed E-state index contributed by atoms with van der Waals surface area (Å²) in [4.78, 5) is 23.4. The predicted octanol–water partition coefficient (Wildman–Crippen LogP) is -4.70. The zero-order valence-electron chi connectivity index (χ0n) is 19.6. The Balaban J connectivity index is 1.50. The summed E-state index contributed by atoms with van der Waals surface area (Å²) in [7, 11) is 0. The molecule has 4 rings (SSSR count). The molecule has 1 aromatic rings. The second-order valence-electron chi connectivity index (χ2n) is 9.21. The summed E-state index contributed by atoms with van der Waals surface area (Å²) >= 11 is 0. The first-order valence-corrected chi connectivity index (χ1v) is 11.6. The lowest BCUT2D eigenvalue weighted by Crippen LogP contribution is -2.65. The largest absolute Gasteiger partial charge is 0.481 e. The molecule has 0 spiro atoms. The number of hydrogen-bond donors (Lipinski definition) is 10. The Morgan fingerprint density at radius 2 is 1.55 bits per heavy atom. The second-order valence-corrected chi connectivity index (χ2v) is 9.21. The third-order valence-corrected chi connectivity index (χ3v) is 6.68. The van der Waals surface area contributed by atoms with Crippen molar-refractivity contribution in [3.63, 3.8) is 0 Å². The molecule has 3 aliphatic heterocycles. The summed E-state index contributed by atoms with van der Waals surface area (Å²) in [6, 6.07) is 3.80. The normalized spacial score (nSPS) is 40.9. The van der Waals surface area contributed by atoms with Crippen molar-refractivity contribution in [3.8, 4) is 5.75 Å². The number of carbonyl (C=O) groups excluding carboxylic acids is 1. The molecule has 10 N–H and O–H groups in total. The zero-order valence-corrected chi connectivity index (χ0v) is 19.6. The van der Waals surface area contributed by atoms with Crippen LogP contribution in [-0.2, 0) is 29.4 Å². The summed E-state index contributed by atoms with van der Waals surface area (Å²) in [5.74, 6) is -2.48. The monoisotopic (exact) mass is 547 g/mol. The number of aliphatic hydroxyl groups is 8. The molecular formula is C22H29NO15. The second kappa shape index (κ2) is 10.9. The number of carboxylic acid groups (broad SMARTS) is 1. The Hall–Kier alpha value is -2.48. The van der Waals surface area contributed by atoms with Crippen LogP contribution in [0.4, 0.5) is 5.69 Å². The quantitative estimate of drug-likeness (QED) is 0.146. The van der Waals surface area contributed by atoms with Crippen LogP contribution in [0.1, 0.15) is 12.0 Å². The lowest BCUT2D eigenvalue weighted by Gasteiger charge is -2.45. The molecule has 11 atom stereocenters. The van der Waals surface area contributed by atoms with Crippen molar-refractivity contribution in [1.29, 1.82) is 0 Å². The van der Waals surface area contributed by atoms with Crippen molar-refractivity contribution in [2.24, 2.45) is 0 Å². The van der Waals surface area contributed by atoms with Gasteiger partial charge < -0.3 is 70.2 Å². The molecule has 2 saturated heterocycles. The van der Waals surface area contributed by atoms with Gasteiger partial charge in [0.2, 0.25) is 6.29 Å². The number of rotatable bonds is 8. The molecule has 1 aromatic carbocycles. The Kier molecular flexibility index (Phi) is 8.22. The van der Waals surface area contributed by atoms with Gasteiger partial charge in [0.1, 0.15) is 54.6 Å². The summed E-state index contributed by atoms with van der Waals surface area (Å²) in [6.45, 7) is -1.52. The molecule has 0 saturated carbocycles. The van der Waals surface area contributed by atoms with E-state index in [9.17, 15) is 50.4 Å². The highest BCUT2D eigenvalue weighted by Crippen LogP contribution is 2.41. The van der Waals surface area contributed by atoms with Crippen molar-refractivity contribution in [2.75, 3.05) is 18.5 Å². The van der Waals surface area contributed by atoms with Crippen LogP contribution in [0, 0.1) is 0 Å². The van der Waals surface area contributed by atoms with Crippen molar-refractivity contribution in [2.45, 2.75) is 73.4 Å². The van der Waals surface area contributed by atoms with Gasteiger partial charge in [-0.2, -0.15) is 0 Å². The molecular weight excluding hydrogens is 518 g/mol. The Morgan fingerprint density at radius 1 is 0.921 bits per heavy atom. The fourth-order valence-corrected chi connectivity index (χ4v) is 4.58. The molecule has 0 aliphatic carbocycles. The first-order valence-electron chi connectivity index (χ1n) is 11.6. The number of carboxylic acids is 1. The van der Waals surface area contributed by atoms with Gasteiger partial charge in [0.15, 0.2) is 11.9 Å². The molecule has 0 unspecified atom stereocenters. The van der Waals surface area contributed by atoms with Gasteiger partial charge in [-0.25, -0.2) is 0 Å². The highest BCUT2D eigenvalue weighted by atomic mass is 16.7. The average molecular weight is 547 g/mol. The number of nitrogens with one attached hydrogen (secondary N) is 1. The fourth-order valence-electron chi connectivity index (χ4n) is 4.58. The summed E-state index contributed by atoms with van der Waals surface area (Å²) < 4.78 is 21.8. The van der Waals surface area contributed by atoms with E-state index in [0.29, 0.717) is 0 Å². The molecule has 16 nitrogen and oxygen atoms in total. The molecule has 212 valence electrons. The summed E-state index contributed by atoms with van der Waals surface area (Å²) in [5.41, 5.74) is -2.35. The first kappa shape index (κ1) is 28.5. The third-order valence-electron chi connectivity index (χ3n) is 6.68. The van der Waals surface area contributed by atoms with E-state index >= 15 is 0 Å². The van der Waals surface area contributed by atoms with Crippen LogP contribution in [-0.4, -0.2) is 132 Å². The molecule has 3 heterocycles.